The molecule has 2 aromatic carbocycles. The summed E-state index contributed by atoms with van der Waals surface area (Å²) in [5, 5.41) is 5.96. The minimum Gasteiger partial charge on any atom is -0.350 e. The maximum Gasteiger partial charge on any atom is 0.251 e. The molecule has 22 heavy (non-hydrogen) atoms. The van der Waals surface area contributed by atoms with Gasteiger partial charge in [0.2, 0.25) is 5.91 Å². The topological polar surface area (TPSA) is 58.2 Å². The van der Waals surface area contributed by atoms with Crippen molar-refractivity contribution in [2.75, 3.05) is 6.54 Å². The van der Waals surface area contributed by atoms with Gasteiger partial charge in [-0.05, 0) is 42.0 Å². The molecule has 2 amide bonds. The second-order valence-electron chi connectivity index (χ2n) is 4.59. The molecule has 0 saturated carbocycles. The number of rotatable bonds is 5. The third-order valence-corrected chi connectivity index (χ3v) is 3.70. The van der Waals surface area contributed by atoms with E-state index in [-0.39, 0.29) is 18.4 Å². The van der Waals surface area contributed by atoms with E-state index in [2.05, 4.69) is 26.6 Å². The van der Waals surface area contributed by atoms with E-state index in [1.165, 1.54) is 0 Å². The van der Waals surface area contributed by atoms with Crippen LogP contribution in [0.4, 0.5) is 0 Å². The van der Waals surface area contributed by atoms with Crippen molar-refractivity contribution in [1.29, 1.82) is 0 Å². The van der Waals surface area contributed by atoms with Crippen LogP contribution in [0.3, 0.4) is 0 Å². The molecule has 0 unspecified atom stereocenters. The molecule has 0 heterocycles. The average Bonchev–Trinajstić information content (AvgIpc) is 2.52. The Morgan fingerprint density at radius 3 is 2.23 bits per heavy atom. The van der Waals surface area contributed by atoms with E-state index < -0.39 is 0 Å². The van der Waals surface area contributed by atoms with Crippen molar-refractivity contribution in [2.24, 2.45) is 0 Å². The Kier molecular flexibility index (Phi) is 5.98. The van der Waals surface area contributed by atoms with E-state index in [0.29, 0.717) is 17.1 Å². The Bertz CT molecular complexity index is 657. The molecule has 0 fully saturated rings. The van der Waals surface area contributed by atoms with E-state index in [4.69, 9.17) is 11.6 Å². The quantitative estimate of drug-likeness (QED) is 0.836. The summed E-state index contributed by atoms with van der Waals surface area (Å²) in [6.07, 6.45) is 0. The molecule has 114 valence electrons. The van der Waals surface area contributed by atoms with Gasteiger partial charge in [-0.2, -0.15) is 0 Å². The SMILES string of the molecule is O=C(CNC(=O)c1ccc(Br)cc1)NCc1ccc(Cl)cc1. The summed E-state index contributed by atoms with van der Waals surface area (Å²) in [7, 11) is 0. The Morgan fingerprint density at radius 2 is 1.59 bits per heavy atom. The van der Waals surface area contributed by atoms with Crippen LogP contribution in [0, 0.1) is 0 Å². The third-order valence-electron chi connectivity index (χ3n) is 2.92. The van der Waals surface area contributed by atoms with Crippen LogP contribution in [-0.2, 0) is 11.3 Å². The summed E-state index contributed by atoms with van der Waals surface area (Å²) in [6.45, 7) is 0.326. The normalized spacial score (nSPS) is 10.1. The first-order valence-corrected chi connectivity index (χ1v) is 7.76. The summed E-state index contributed by atoms with van der Waals surface area (Å²) < 4.78 is 0.893. The molecule has 0 saturated heterocycles. The van der Waals surface area contributed by atoms with Crippen molar-refractivity contribution in [3.8, 4) is 0 Å². The van der Waals surface area contributed by atoms with Gasteiger partial charge in [-0.3, -0.25) is 9.59 Å². The fraction of sp³-hybridized carbons (Fsp3) is 0.125. The van der Waals surface area contributed by atoms with Gasteiger partial charge < -0.3 is 10.6 Å². The summed E-state index contributed by atoms with van der Waals surface area (Å²) in [4.78, 5) is 23.6. The molecule has 2 N–H and O–H groups in total. The van der Waals surface area contributed by atoms with Crippen LogP contribution in [0.15, 0.2) is 53.0 Å². The Hall–Kier alpha value is -1.85. The number of amides is 2. The van der Waals surface area contributed by atoms with Gasteiger partial charge in [-0.25, -0.2) is 0 Å². The van der Waals surface area contributed by atoms with Gasteiger partial charge in [0, 0.05) is 21.6 Å². The fourth-order valence-corrected chi connectivity index (χ4v) is 2.12. The lowest BCUT2D eigenvalue weighted by atomic mass is 10.2. The lowest BCUT2D eigenvalue weighted by Gasteiger charge is -2.07. The molecular weight excluding hydrogens is 368 g/mol. The van der Waals surface area contributed by atoms with Crippen LogP contribution in [0.1, 0.15) is 15.9 Å². The van der Waals surface area contributed by atoms with Crippen molar-refractivity contribution >= 4 is 39.3 Å². The molecule has 0 aliphatic heterocycles. The molecule has 0 spiro atoms. The van der Waals surface area contributed by atoms with Gasteiger partial charge >= 0.3 is 0 Å². The molecule has 2 rings (SSSR count). The predicted molar refractivity (Wildman–Crippen MR) is 89.8 cm³/mol. The van der Waals surface area contributed by atoms with Gasteiger partial charge in [-0.1, -0.05) is 39.7 Å². The number of hydrogen-bond donors (Lipinski definition) is 2. The Balaban J connectivity index is 1.76. The van der Waals surface area contributed by atoms with Crippen molar-refractivity contribution in [3.63, 3.8) is 0 Å². The van der Waals surface area contributed by atoms with Gasteiger partial charge in [0.05, 0.1) is 6.54 Å². The smallest absolute Gasteiger partial charge is 0.251 e. The van der Waals surface area contributed by atoms with E-state index >= 15 is 0 Å². The van der Waals surface area contributed by atoms with Gasteiger partial charge in [0.15, 0.2) is 0 Å². The lowest BCUT2D eigenvalue weighted by molar-refractivity contribution is -0.120. The second kappa shape index (κ2) is 7.96. The molecule has 2 aromatic rings. The summed E-state index contributed by atoms with van der Waals surface area (Å²) >= 11 is 9.09. The van der Waals surface area contributed by atoms with Crippen molar-refractivity contribution in [2.45, 2.75) is 6.54 Å². The Labute approximate surface area is 142 Å². The number of carbonyl (C=O) groups is 2. The van der Waals surface area contributed by atoms with E-state index in [0.717, 1.165) is 10.0 Å². The van der Waals surface area contributed by atoms with Crippen molar-refractivity contribution in [3.05, 3.63) is 69.2 Å². The molecule has 0 radical (unpaired) electrons. The average molecular weight is 382 g/mol. The van der Waals surface area contributed by atoms with Crippen LogP contribution in [0.25, 0.3) is 0 Å². The van der Waals surface area contributed by atoms with Crippen LogP contribution >= 0.6 is 27.5 Å². The molecule has 0 aliphatic rings. The summed E-state index contributed by atoms with van der Waals surface area (Å²) in [6, 6.07) is 14.1. The molecule has 0 aromatic heterocycles. The van der Waals surface area contributed by atoms with Crippen LogP contribution in [0.2, 0.25) is 5.02 Å². The molecule has 6 heteroatoms. The lowest BCUT2D eigenvalue weighted by Crippen LogP contribution is -2.36. The third kappa shape index (κ3) is 5.16. The first kappa shape index (κ1) is 16.5. The molecule has 0 atom stereocenters. The van der Waals surface area contributed by atoms with Gasteiger partial charge in [0.25, 0.3) is 5.91 Å². The number of halogens is 2. The van der Waals surface area contributed by atoms with E-state index in [1.54, 1.807) is 36.4 Å². The highest BCUT2D eigenvalue weighted by atomic mass is 79.9. The van der Waals surface area contributed by atoms with Crippen LogP contribution in [0.5, 0.6) is 0 Å². The predicted octanol–water partition coefficient (Wildman–Crippen LogP) is 3.15. The van der Waals surface area contributed by atoms with Crippen molar-refractivity contribution < 1.29 is 9.59 Å². The first-order valence-electron chi connectivity index (χ1n) is 6.59. The first-order chi connectivity index (χ1) is 10.5. The zero-order chi connectivity index (χ0) is 15.9. The van der Waals surface area contributed by atoms with Gasteiger partial charge in [-0.15, -0.1) is 0 Å². The fourth-order valence-electron chi connectivity index (χ4n) is 1.73. The minimum atomic E-state index is -0.283. The zero-order valence-electron chi connectivity index (χ0n) is 11.6. The van der Waals surface area contributed by atoms with E-state index in [9.17, 15) is 9.59 Å². The van der Waals surface area contributed by atoms with Gasteiger partial charge in [0.1, 0.15) is 0 Å². The van der Waals surface area contributed by atoms with Crippen molar-refractivity contribution in [1.82, 2.24) is 10.6 Å². The molecule has 0 aliphatic carbocycles. The molecule has 0 bridgehead atoms. The highest BCUT2D eigenvalue weighted by Crippen LogP contribution is 2.10. The van der Waals surface area contributed by atoms with Crippen LogP contribution in [-0.4, -0.2) is 18.4 Å². The number of carbonyl (C=O) groups excluding carboxylic acids is 2. The monoisotopic (exact) mass is 380 g/mol. The maximum atomic E-state index is 11.9. The number of nitrogens with one attached hydrogen (secondary N) is 2. The molecular formula is C16H14BrClN2O2. The second-order valence-corrected chi connectivity index (χ2v) is 5.94. The van der Waals surface area contributed by atoms with Crippen LogP contribution < -0.4 is 10.6 Å². The summed E-state index contributed by atoms with van der Waals surface area (Å²) in [5.41, 5.74) is 1.45. The minimum absolute atomic E-state index is 0.0670. The molecule has 4 nitrogen and oxygen atoms in total. The van der Waals surface area contributed by atoms with E-state index in [1.807, 2.05) is 12.1 Å². The highest BCUT2D eigenvalue weighted by molar-refractivity contribution is 9.10. The summed E-state index contributed by atoms with van der Waals surface area (Å²) in [5.74, 6) is -0.533. The highest BCUT2D eigenvalue weighted by Gasteiger charge is 2.07. The largest absolute Gasteiger partial charge is 0.350 e. The Morgan fingerprint density at radius 1 is 0.955 bits per heavy atom. The number of benzene rings is 2. The standard InChI is InChI=1S/C16H14BrClN2O2/c17-13-5-3-12(4-6-13)16(22)20-10-15(21)19-9-11-1-7-14(18)8-2-11/h1-8H,9-10H2,(H,19,21)(H,20,22). The number of hydrogen-bond acceptors (Lipinski definition) is 2. The maximum absolute atomic E-state index is 11.9. The zero-order valence-corrected chi connectivity index (χ0v) is 13.9.